The Morgan fingerprint density at radius 3 is 2.65 bits per heavy atom. The van der Waals surface area contributed by atoms with Crippen LogP contribution in [0.3, 0.4) is 0 Å². The molecule has 0 aliphatic carbocycles. The Labute approximate surface area is 115 Å². The summed E-state index contributed by atoms with van der Waals surface area (Å²) in [6.07, 6.45) is -0.521. The minimum absolute atomic E-state index is 0.0165. The molecule has 2 aliphatic heterocycles. The van der Waals surface area contributed by atoms with Gasteiger partial charge in [0.05, 0.1) is 0 Å². The summed E-state index contributed by atoms with van der Waals surface area (Å²) >= 11 is 0. The number of ether oxygens (including phenoxy) is 3. The van der Waals surface area contributed by atoms with E-state index < -0.39 is 6.10 Å². The van der Waals surface area contributed by atoms with Gasteiger partial charge in [-0.1, -0.05) is 30.3 Å². The highest BCUT2D eigenvalue weighted by molar-refractivity contribution is 6.02. The van der Waals surface area contributed by atoms with Crippen molar-refractivity contribution in [3.8, 4) is 11.5 Å². The van der Waals surface area contributed by atoms with Crippen LogP contribution in [0.1, 0.15) is 22.0 Å². The fraction of sp³-hybridized carbons (Fsp3) is 0.188. The molecule has 0 unspecified atom stereocenters. The topological polar surface area (TPSA) is 48.1 Å². The van der Waals surface area contributed by atoms with Gasteiger partial charge in [-0.3, -0.25) is 4.79 Å². The molecule has 0 saturated carbocycles. The fourth-order valence-electron chi connectivity index (χ4n) is 2.42. The van der Waals surface area contributed by atoms with Crippen LogP contribution >= 0.6 is 0 Å². The third-order valence-electron chi connectivity index (χ3n) is 3.54. The van der Waals surface area contributed by atoms with E-state index in [2.05, 4.69) is 0 Å². The maximum Gasteiger partial charge on any atom is 0.231 e. The normalized spacial score (nSPS) is 22.6. The molecule has 0 aromatic heterocycles. The lowest BCUT2D eigenvalue weighted by atomic mass is 10.0. The summed E-state index contributed by atoms with van der Waals surface area (Å²) in [7, 11) is 0. The third-order valence-corrected chi connectivity index (χ3v) is 3.54. The summed E-state index contributed by atoms with van der Waals surface area (Å²) in [4.78, 5) is 12.4. The van der Waals surface area contributed by atoms with Crippen molar-refractivity contribution >= 4 is 5.78 Å². The van der Waals surface area contributed by atoms with Crippen LogP contribution in [0.2, 0.25) is 0 Å². The molecule has 0 spiro atoms. The van der Waals surface area contributed by atoms with Crippen molar-refractivity contribution < 1.29 is 19.0 Å². The Hall–Kier alpha value is -2.33. The number of carbonyl (C=O) groups excluding carboxylic acids is 1. The molecule has 20 heavy (non-hydrogen) atoms. The van der Waals surface area contributed by atoms with E-state index >= 15 is 0 Å². The highest BCUT2D eigenvalue weighted by Gasteiger charge is 2.46. The Balaban J connectivity index is 1.55. The first kappa shape index (κ1) is 11.5. The highest BCUT2D eigenvalue weighted by Crippen LogP contribution is 2.41. The molecule has 0 N–H and O–H groups in total. The van der Waals surface area contributed by atoms with Crippen molar-refractivity contribution in [2.24, 2.45) is 0 Å². The Kier molecular flexibility index (Phi) is 2.50. The summed E-state index contributed by atoms with van der Waals surface area (Å²) in [5.74, 6) is 1.28. The van der Waals surface area contributed by atoms with Crippen LogP contribution in [0.15, 0.2) is 48.5 Å². The van der Waals surface area contributed by atoms with Crippen LogP contribution in [0.25, 0.3) is 0 Å². The number of benzene rings is 2. The Bertz CT molecular complexity index is 665. The zero-order valence-electron chi connectivity index (χ0n) is 10.6. The molecule has 0 bridgehead atoms. The van der Waals surface area contributed by atoms with Gasteiger partial charge >= 0.3 is 0 Å². The van der Waals surface area contributed by atoms with E-state index in [0.29, 0.717) is 17.1 Å². The maximum absolute atomic E-state index is 12.4. The molecule has 2 atom stereocenters. The lowest BCUT2D eigenvalue weighted by Crippen LogP contribution is -2.08. The van der Waals surface area contributed by atoms with Gasteiger partial charge in [-0.15, -0.1) is 0 Å². The number of rotatable bonds is 3. The monoisotopic (exact) mass is 268 g/mol. The van der Waals surface area contributed by atoms with Crippen molar-refractivity contribution in [2.75, 3.05) is 6.79 Å². The average molecular weight is 268 g/mol. The lowest BCUT2D eigenvalue weighted by Gasteiger charge is -2.00. The molecule has 0 radical (unpaired) electrons. The molecule has 4 rings (SSSR count). The second-order valence-electron chi connectivity index (χ2n) is 4.82. The smallest absolute Gasteiger partial charge is 0.231 e. The molecular formula is C16H12O4. The summed E-state index contributed by atoms with van der Waals surface area (Å²) in [6, 6.07) is 15.0. The first-order chi connectivity index (χ1) is 9.83. The van der Waals surface area contributed by atoms with Gasteiger partial charge in [0, 0.05) is 5.56 Å². The largest absolute Gasteiger partial charge is 0.454 e. The molecule has 4 heteroatoms. The SMILES string of the molecule is O=C(c1ccc2c(c1)OCO2)[C@H]1O[C@@H]1c1ccccc1. The Morgan fingerprint density at radius 2 is 1.80 bits per heavy atom. The van der Waals surface area contributed by atoms with Crippen molar-refractivity contribution in [1.29, 1.82) is 0 Å². The number of ketones is 1. The highest BCUT2D eigenvalue weighted by atomic mass is 16.7. The molecule has 4 nitrogen and oxygen atoms in total. The van der Waals surface area contributed by atoms with Gasteiger partial charge in [-0.2, -0.15) is 0 Å². The number of epoxide rings is 1. The molecule has 2 aliphatic rings. The zero-order valence-corrected chi connectivity index (χ0v) is 10.6. The van der Waals surface area contributed by atoms with E-state index in [-0.39, 0.29) is 18.7 Å². The van der Waals surface area contributed by atoms with E-state index in [9.17, 15) is 4.79 Å². The molecule has 2 aromatic rings. The summed E-state index contributed by atoms with van der Waals surface area (Å²) in [5.41, 5.74) is 1.63. The minimum atomic E-state index is -0.391. The predicted octanol–water partition coefficient (Wildman–Crippen LogP) is 2.74. The van der Waals surface area contributed by atoms with E-state index in [4.69, 9.17) is 14.2 Å². The van der Waals surface area contributed by atoms with Gasteiger partial charge in [0.25, 0.3) is 0 Å². The van der Waals surface area contributed by atoms with Crippen LogP contribution in [0.5, 0.6) is 11.5 Å². The number of fused-ring (bicyclic) bond motifs is 1. The number of hydrogen-bond donors (Lipinski definition) is 0. The van der Waals surface area contributed by atoms with E-state index in [1.54, 1.807) is 18.2 Å². The van der Waals surface area contributed by atoms with Gasteiger partial charge in [-0.25, -0.2) is 0 Å². The molecular weight excluding hydrogens is 256 g/mol. The predicted molar refractivity (Wildman–Crippen MR) is 71.0 cm³/mol. The minimum Gasteiger partial charge on any atom is -0.454 e. The van der Waals surface area contributed by atoms with E-state index in [1.165, 1.54) is 0 Å². The molecule has 2 aromatic carbocycles. The Morgan fingerprint density at radius 1 is 1.00 bits per heavy atom. The molecule has 2 heterocycles. The summed E-state index contributed by atoms with van der Waals surface area (Å²) in [6.45, 7) is 0.208. The summed E-state index contributed by atoms with van der Waals surface area (Å²) < 4.78 is 16.0. The van der Waals surface area contributed by atoms with Gasteiger partial charge in [-0.05, 0) is 23.8 Å². The van der Waals surface area contributed by atoms with E-state index in [1.807, 2.05) is 30.3 Å². The van der Waals surface area contributed by atoms with Gasteiger partial charge < -0.3 is 14.2 Å². The second-order valence-corrected chi connectivity index (χ2v) is 4.82. The second kappa shape index (κ2) is 4.35. The molecule has 100 valence electrons. The molecule has 1 saturated heterocycles. The van der Waals surface area contributed by atoms with Crippen LogP contribution in [-0.2, 0) is 4.74 Å². The van der Waals surface area contributed by atoms with Crippen LogP contribution in [0.4, 0.5) is 0 Å². The van der Waals surface area contributed by atoms with Crippen molar-refractivity contribution in [1.82, 2.24) is 0 Å². The van der Waals surface area contributed by atoms with E-state index in [0.717, 1.165) is 5.56 Å². The zero-order chi connectivity index (χ0) is 13.5. The van der Waals surface area contributed by atoms with Crippen molar-refractivity contribution in [3.63, 3.8) is 0 Å². The molecule has 1 fully saturated rings. The first-order valence-corrected chi connectivity index (χ1v) is 6.47. The van der Waals surface area contributed by atoms with Crippen LogP contribution in [-0.4, -0.2) is 18.7 Å². The van der Waals surface area contributed by atoms with Crippen molar-refractivity contribution in [2.45, 2.75) is 12.2 Å². The molecule has 0 amide bonds. The number of Topliss-reactive ketones (excluding diaryl/α,β-unsaturated/α-hetero) is 1. The summed E-state index contributed by atoms with van der Waals surface area (Å²) in [5, 5.41) is 0. The maximum atomic E-state index is 12.4. The lowest BCUT2D eigenvalue weighted by molar-refractivity contribution is 0.0953. The standard InChI is InChI=1S/C16H12O4/c17-14(11-6-7-12-13(8-11)19-9-18-12)16-15(20-16)10-4-2-1-3-5-10/h1-8,15-16H,9H2/t15-,16-/m1/s1. The number of hydrogen-bond acceptors (Lipinski definition) is 4. The van der Waals surface area contributed by atoms with Crippen LogP contribution < -0.4 is 9.47 Å². The first-order valence-electron chi connectivity index (χ1n) is 6.47. The van der Waals surface area contributed by atoms with Crippen LogP contribution in [0, 0.1) is 0 Å². The van der Waals surface area contributed by atoms with Gasteiger partial charge in [0.1, 0.15) is 6.10 Å². The quantitative estimate of drug-likeness (QED) is 0.634. The average Bonchev–Trinajstić information content (AvgIpc) is 3.17. The van der Waals surface area contributed by atoms with Gasteiger partial charge in [0.15, 0.2) is 23.4 Å². The van der Waals surface area contributed by atoms with Gasteiger partial charge in [0.2, 0.25) is 6.79 Å². The number of carbonyl (C=O) groups is 1. The third kappa shape index (κ3) is 1.85. The fourth-order valence-corrected chi connectivity index (χ4v) is 2.42. The van der Waals surface area contributed by atoms with Crippen molar-refractivity contribution in [3.05, 3.63) is 59.7 Å².